The van der Waals surface area contributed by atoms with E-state index in [1.165, 1.54) is 11.3 Å². The highest BCUT2D eigenvalue weighted by atomic mass is 79.9. The molecule has 2 heterocycles. The van der Waals surface area contributed by atoms with Crippen molar-refractivity contribution in [2.75, 3.05) is 5.32 Å². The first-order valence-corrected chi connectivity index (χ1v) is 8.40. The molecule has 1 N–H and O–H groups in total. The Kier molecular flexibility index (Phi) is 4.61. The Morgan fingerprint density at radius 2 is 2.27 bits per heavy atom. The molecule has 0 fully saturated rings. The van der Waals surface area contributed by atoms with Gasteiger partial charge < -0.3 is 9.73 Å². The molecular formula is C15H10BrClN2O2S. The molecule has 4 nitrogen and oxygen atoms in total. The minimum absolute atomic E-state index is 0.166. The number of furan rings is 1. The lowest BCUT2D eigenvalue weighted by molar-refractivity contribution is -0.115. The van der Waals surface area contributed by atoms with Crippen LogP contribution in [0.3, 0.4) is 0 Å². The zero-order valence-electron chi connectivity index (χ0n) is 11.2. The standard InChI is InChI=1S/C15H10BrClN2O2S/c16-9-3-4-12(11(17)6-9)19-14(20)7-10-8-22-15(18-10)13-2-1-5-21-13/h1-6,8H,7H2,(H,19,20). The highest BCUT2D eigenvalue weighted by Crippen LogP contribution is 2.26. The molecule has 22 heavy (non-hydrogen) atoms. The van der Waals surface area contributed by atoms with Crippen molar-refractivity contribution in [2.24, 2.45) is 0 Å². The summed E-state index contributed by atoms with van der Waals surface area (Å²) in [5.74, 6) is 0.535. The molecule has 0 saturated carbocycles. The van der Waals surface area contributed by atoms with Gasteiger partial charge in [0, 0.05) is 9.85 Å². The van der Waals surface area contributed by atoms with Crippen LogP contribution in [0.25, 0.3) is 10.8 Å². The van der Waals surface area contributed by atoms with E-state index in [4.69, 9.17) is 16.0 Å². The molecule has 3 rings (SSSR count). The van der Waals surface area contributed by atoms with Crippen molar-refractivity contribution < 1.29 is 9.21 Å². The SMILES string of the molecule is O=C(Cc1csc(-c2ccco2)n1)Nc1ccc(Br)cc1Cl. The Morgan fingerprint density at radius 3 is 3.00 bits per heavy atom. The summed E-state index contributed by atoms with van der Waals surface area (Å²) in [6, 6.07) is 8.94. The first-order chi connectivity index (χ1) is 10.6. The molecule has 1 aromatic carbocycles. The molecule has 3 aromatic rings. The number of nitrogens with zero attached hydrogens (tertiary/aromatic N) is 1. The third-order valence-electron chi connectivity index (χ3n) is 2.83. The molecule has 2 aromatic heterocycles. The average Bonchev–Trinajstić information content (AvgIpc) is 3.12. The smallest absolute Gasteiger partial charge is 0.230 e. The number of nitrogens with one attached hydrogen (secondary N) is 1. The number of halogens is 2. The number of carbonyl (C=O) groups excluding carboxylic acids is 1. The van der Waals surface area contributed by atoms with Crippen LogP contribution < -0.4 is 5.32 Å². The van der Waals surface area contributed by atoms with Crippen LogP contribution in [0.2, 0.25) is 5.02 Å². The average molecular weight is 398 g/mol. The number of carbonyl (C=O) groups is 1. The second-order valence-electron chi connectivity index (χ2n) is 4.47. The highest BCUT2D eigenvalue weighted by molar-refractivity contribution is 9.10. The van der Waals surface area contributed by atoms with E-state index in [9.17, 15) is 4.79 Å². The van der Waals surface area contributed by atoms with Crippen molar-refractivity contribution in [3.05, 3.63) is 57.2 Å². The molecule has 1 amide bonds. The molecule has 0 radical (unpaired) electrons. The van der Waals surface area contributed by atoms with Crippen molar-refractivity contribution in [1.82, 2.24) is 4.98 Å². The topological polar surface area (TPSA) is 55.1 Å². The van der Waals surface area contributed by atoms with E-state index in [-0.39, 0.29) is 12.3 Å². The maximum atomic E-state index is 12.1. The van der Waals surface area contributed by atoms with E-state index in [2.05, 4.69) is 26.2 Å². The van der Waals surface area contributed by atoms with Crippen molar-refractivity contribution in [3.8, 4) is 10.8 Å². The fourth-order valence-corrected chi connectivity index (χ4v) is 3.36. The van der Waals surface area contributed by atoms with Gasteiger partial charge in [-0.05, 0) is 30.3 Å². The lowest BCUT2D eigenvalue weighted by Gasteiger charge is -2.06. The maximum absolute atomic E-state index is 12.1. The Morgan fingerprint density at radius 1 is 1.41 bits per heavy atom. The van der Waals surface area contributed by atoms with Crippen molar-refractivity contribution in [3.63, 3.8) is 0 Å². The highest BCUT2D eigenvalue weighted by Gasteiger charge is 2.12. The van der Waals surface area contributed by atoms with E-state index >= 15 is 0 Å². The van der Waals surface area contributed by atoms with Crippen LogP contribution in [-0.4, -0.2) is 10.9 Å². The number of hydrogen-bond acceptors (Lipinski definition) is 4. The number of rotatable bonds is 4. The van der Waals surface area contributed by atoms with Crippen LogP contribution in [0.4, 0.5) is 5.69 Å². The summed E-state index contributed by atoms with van der Waals surface area (Å²) < 4.78 is 6.15. The fourth-order valence-electron chi connectivity index (χ4n) is 1.85. The first-order valence-electron chi connectivity index (χ1n) is 6.35. The summed E-state index contributed by atoms with van der Waals surface area (Å²) in [5, 5.41) is 5.87. The van der Waals surface area contributed by atoms with Crippen LogP contribution in [0.15, 0.2) is 50.9 Å². The van der Waals surface area contributed by atoms with Gasteiger partial charge in [0.2, 0.25) is 5.91 Å². The molecule has 0 aliphatic rings. The molecule has 0 atom stereocenters. The lowest BCUT2D eigenvalue weighted by Crippen LogP contribution is -2.14. The first kappa shape index (κ1) is 15.3. The molecule has 0 unspecified atom stereocenters. The van der Waals surface area contributed by atoms with E-state index in [0.717, 1.165) is 9.48 Å². The van der Waals surface area contributed by atoms with Crippen LogP contribution in [0, 0.1) is 0 Å². The van der Waals surface area contributed by atoms with Gasteiger partial charge in [0.25, 0.3) is 0 Å². The van der Waals surface area contributed by atoms with Gasteiger partial charge in [0.05, 0.1) is 29.1 Å². The van der Waals surface area contributed by atoms with Gasteiger partial charge in [-0.3, -0.25) is 4.79 Å². The minimum atomic E-state index is -0.166. The van der Waals surface area contributed by atoms with Gasteiger partial charge in [-0.2, -0.15) is 0 Å². The van der Waals surface area contributed by atoms with Gasteiger partial charge >= 0.3 is 0 Å². The summed E-state index contributed by atoms with van der Waals surface area (Å²) in [6.07, 6.45) is 1.78. The van der Waals surface area contributed by atoms with Gasteiger partial charge in [-0.1, -0.05) is 27.5 Å². The van der Waals surface area contributed by atoms with Gasteiger partial charge in [-0.15, -0.1) is 11.3 Å². The Balaban J connectivity index is 1.67. The number of thiazole rings is 1. The molecular weight excluding hydrogens is 388 g/mol. The van der Waals surface area contributed by atoms with Crippen molar-refractivity contribution in [1.29, 1.82) is 0 Å². The van der Waals surface area contributed by atoms with Crippen LogP contribution in [0.5, 0.6) is 0 Å². The summed E-state index contributed by atoms with van der Waals surface area (Å²) in [5.41, 5.74) is 1.28. The zero-order valence-corrected chi connectivity index (χ0v) is 14.3. The number of anilines is 1. The summed E-state index contributed by atoms with van der Waals surface area (Å²) in [4.78, 5) is 16.5. The van der Waals surface area contributed by atoms with E-state index in [1.807, 2.05) is 17.5 Å². The van der Waals surface area contributed by atoms with E-state index in [0.29, 0.717) is 22.2 Å². The molecule has 112 valence electrons. The molecule has 0 bridgehead atoms. The zero-order chi connectivity index (χ0) is 15.5. The maximum Gasteiger partial charge on any atom is 0.230 e. The lowest BCUT2D eigenvalue weighted by atomic mass is 10.3. The van der Waals surface area contributed by atoms with E-state index < -0.39 is 0 Å². The second kappa shape index (κ2) is 6.64. The van der Waals surface area contributed by atoms with Gasteiger partial charge in [0.1, 0.15) is 0 Å². The van der Waals surface area contributed by atoms with Crippen LogP contribution >= 0.6 is 38.9 Å². The normalized spacial score (nSPS) is 10.6. The summed E-state index contributed by atoms with van der Waals surface area (Å²) in [6.45, 7) is 0. The van der Waals surface area contributed by atoms with Crippen LogP contribution in [0.1, 0.15) is 5.69 Å². The Hall–Kier alpha value is -1.63. The largest absolute Gasteiger partial charge is 0.462 e. The predicted octanol–water partition coefficient (Wildman–Crippen LogP) is 5.00. The minimum Gasteiger partial charge on any atom is -0.462 e. The number of benzene rings is 1. The number of aromatic nitrogens is 1. The molecule has 0 saturated heterocycles. The van der Waals surface area contributed by atoms with Crippen molar-refractivity contribution >= 4 is 50.5 Å². The Labute approximate surface area is 144 Å². The number of hydrogen-bond donors (Lipinski definition) is 1. The second-order valence-corrected chi connectivity index (χ2v) is 6.65. The molecule has 0 aliphatic carbocycles. The van der Waals surface area contributed by atoms with Crippen LogP contribution in [-0.2, 0) is 11.2 Å². The molecule has 0 spiro atoms. The number of amides is 1. The van der Waals surface area contributed by atoms with Gasteiger partial charge in [-0.25, -0.2) is 4.98 Å². The molecule has 0 aliphatic heterocycles. The monoisotopic (exact) mass is 396 g/mol. The fraction of sp³-hybridized carbons (Fsp3) is 0.0667. The molecule has 7 heteroatoms. The van der Waals surface area contributed by atoms with Crippen molar-refractivity contribution in [2.45, 2.75) is 6.42 Å². The van der Waals surface area contributed by atoms with Gasteiger partial charge in [0.15, 0.2) is 10.8 Å². The predicted molar refractivity (Wildman–Crippen MR) is 91.3 cm³/mol. The summed E-state index contributed by atoms with van der Waals surface area (Å²) in [7, 11) is 0. The van der Waals surface area contributed by atoms with E-state index in [1.54, 1.807) is 24.5 Å². The third-order valence-corrected chi connectivity index (χ3v) is 4.54. The quantitative estimate of drug-likeness (QED) is 0.674. The Bertz CT molecular complexity index is 802. The summed E-state index contributed by atoms with van der Waals surface area (Å²) >= 11 is 10.8. The third kappa shape index (κ3) is 3.58.